The summed E-state index contributed by atoms with van der Waals surface area (Å²) >= 11 is 2.62. The molecule has 4 rings (SSSR count). The minimum Gasteiger partial charge on any atom is -0.484 e. The Hall–Kier alpha value is -3.58. The van der Waals surface area contributed by atoms with E-state index in [0.717, 1.165) is 0 Å². The Bertz CT molecular complexity index is 1150. The van der Waals surface area contributed by atoms with Gasteiger partial charge in [0, 0.05) is 11.5 Å². The third kappa shape index (κ3) is 5.15. The maximum absolute atomic E-state index is 12.7. The van der Waals surface area contributed by atoms with Gasteiger partial charge in [-0.3, -0.25) is 24.3 Å². The summed E-state index contributed by atoms with van der Waals surface area (Å²) in [5, 5.41) is 14.8. The van der Waals surface area contributed by atoms with Gasteiger partial charge in [-0.2, -0.15) is 0 Å². The van der Waals surface area contributed by atoms with Crippen LogP contribution in [0.4, 0.5) is 5.82 Å². The van der Waals surface area contributed by atoms with Crippen LogP contribution in [0, 0.1) is 0 Å². The van der Waals surface area contributed by atoms with Gasteiger partial charge in [-0.15, -0.1) is 23.5 Å². The number of nitrogens with zero attached hydrogens (tertiary/aromatic N) is 3. The van der Waals surface area contributed by atoms with Gasteiger partial charge in [-0.05, 0) is 17.7 Å². The Labute approximate surface area is 202 Å². The molecule has 0 bridgehead atoms. The molecule has 34 heavy (non-hydrogen) atoms. The van der Waals surface area contributed by atoms with Crippen molar-refractivity contribution in [1.29, 1.82) is 0 Å². The molecule has 2 aromatic rings. The Morgan fingerprint density at radius 3 is 2.82 bits per heavy atom. The first-order valence-corrected chi connectivity index (χ1v) is 12.0. The van der Waals surface area contributed by atoms with E-state index in [0.29, 0.717) is 28.5 Å². The number of β-lactam (4-membered cyclic amide) rings is 1. The molecule has 1 saturated heterocycles. The molecule has 1 unspecified atom stereocenters. The SMILES string of the molecule is O=CNc1cncc(SCC2=C(C(=O)O)N3C(=O)C(NC(=O)COc4ccccc4)[C@@H]3SC2)n1. The van der Waals surface area contributed by atoms with Gasteiger partial charge in [0.2, 0.25) is 6.41 Å². The fourth-order valence-electron chi connectivity index (χ4n) is 3.38. The zero-order valence-corrected chi connectivity index (χ0v) is 19.2. The molecule has 2 aliphatic heterocycles. The van der Waals surface area contributed by atoms with E-state index in [1.165, 1.54) is 40.8 Å². The molecule has 2 aliphatic rings. The van der Waals surface area contributed by atoms with Crippen LogP contribution >= 0.6 is 23.5 Å². The number of para-hydroxylation sites is 1. The number of aliphatic carboxylic acids is 1. The van der Waals surface area contributed by atoms with E-state index in [2.05, 4.69) is 20.6 Å². The van der Waals surface area contributed by atoms with Crippen LogP contribution in [-0.4, -0.2) is 73.7 Å². The molecule has 3 N–H and O–H groups in total. The molecule has 3 heterocycles. The quantitative estimate of drug-likeness (QED) is 0.244. The number of carbonyl (C=O) groups excluding carboxylic acids is 3. The predicted molar refractivity (Wildman–Crippen MR) is 124 cm³/mol. The number of amides is 3. The fourth-order valence-corrected chi connectivity index (χ4v) is 5.72. The Kier molecular flexibility index (Phi) is 7.33. The lowest BCUT2D eigenvalue weighted by Gasteiger charge is -2.49. The first-order chi connectivity index (χ1) is 16.5. The highest BCUT2D eigenvalue weighted by Gasteiger charge is 2.54. The summed E-state index contributed by atoms with van der Waals surface area (Å²) in [5.41, 5.74) is 0.474. The molecular formula is C21H19N5O6S2. The molecule has 0 radical (unpaired) electrons. The van der Waals surface area contributed by atoms with Crippen molar-refractivity contribution in [3.8, 4) is 5.75 Å². The van der Waals surface area contributed by atoms with Crippen molar-refractivity contribution in [3.05, 3.63) is 54.0 Å². The Balaban J connectivity index is 1.39. The van der Waals surface area contributed by atoms with Crippen molar-refractivity contribution < 1.29 is 29.0 Å². The van der Waals surface area contributed by atoms with Gasteiger partial charge < -0.3 is 20.5 Å². The maximum atomic E-state index is 12.7. The van der Waals surface area contributed by atoms with Crippen LogP contribution in [0.15, 0.2) is 59.0 Å². The summed E-state index contributed by atoms with van der Waals surface area (Å²) in [5.74, 6) is -0.717. The van der Waals surface area contributed by atoms with Crippen LogP contribution in [0.5, 0.6) is 5.75 Å². The third-order valence-electron chi connectivity index (χ3n) is 4.89. The molecule has 13 heteroatoms. The number of ether oxygens (including phenoxy) is 1. The number of hydrogen-bond donors (Lipinski definition) is 3. The molecule has 176 valence electrons. The van der Waals surface area contributed by atoms with Crippen LogP contribution in [0.25, 0.3) is 0 Å². The third-order valence-corrected chi connectivity index (χ3v) is 7.22. The fraction of sp³-hybridized carbons (Fsp3) is 0.238. The minimum absolute atomic E-state index is 0.0811. The van der Waals surface area contributed by atoms with Gasteiger partial charge in [0.05, 0.1) is 12.4 Å². The molecule has 0 aliphatic carbocycles. The van der Waals surface area contributed by atoms with Crippen LogP contribution in [-0.2, 0) is 19.2 Å². The van der Waals surface area contributed by atoms with Crippen molar-refractivity contribution in [2.24, 2.45) is 0 Å². The number of thioether (sulfide) groups is 2. The molecule has 0 spiro atoms. The molecule has 1 fully saturated rings. The van der Waals surface area contributed by atoms with Gasteiger partial charge in [-0.25, -0.2) is 9.78 Å². The summed E-state index contributed by atoms with van der Waals surface area (Å²) in [7, 11) is 0. The molecule has 1 aromatic heterocycles. The van der Waals surface area contributed by atoms with Crippen molar-refractivity contribution in [1.82, 2.24) is 20.2 Å². The number of aromatic nitrogens is 2. The molecule has 11 nitrogen and oxygen atoms in total. The number of hydrogen-bond acceptors (Lipinski definition) is 9. The average molecular weight is 502 g/mol. The van der Waals surface area contributed by atoms with Crippen molar-refractivity contribution >= 4 is 53.5 Å². The number of nitrogens with one attached hydrogen (secondary N) is 2. The van der Waals surface area contributed by atoms with Crippen molar-refractivity contribution in [2.75, 3.05) is 23.4 Å². The number of carboxylic acid groups (broad SMARTS) is 1. The van der Waals surface area contributed by atoms with Gasteiger partial charge in [-0.1, -0.05) is 18.2 Å². The van der Waals surface area contributed by atoms with E-state index >= 15 is 0 Å². The van der Waals surface area contributed by atoms with Crippen LogP contribution in [0.1, 0.15) is 0 Å². The second-order valence-electron chi connectivity index (χ2n) is 7.11. The smallest absolute Gasteiger partial charge is 0.352 e. The summed E-state index contributed by atoms with van der Waals surface area (Å²) < 4.78 is 5.40. The highest BCUT2D eigenvalue weighted by Crippen LogP contribution is 2.41. The molecule has 1 aromatic carbocycles. The number of anilines is 1. The zero-order valence-electron chi connectivity index (χ0n) is 17.5. The topological polar surface area (TPSA) is 151 Å². The molecule has 2 atom stereocenters. The van der Waals surface area contributed by atoms with Crippen LogP contribution < -0.4 is 15.4 Å². The van der Waals surface area contributed by atoms with Crippen LogP contribution in [0.3, 0.4) is 0 Å². The van der Waals surface area contributed by atoms with Gasteiger partial charge in [0.1, 0.15) is 27.9 Å². The average Bonchev–Trinajstić information content (AvgIpc) is 2.85. The van der Waals surface area contributed by atoms with E-state index in [-0.39, 0.29) is 23.9 Å². The Morgan fingerprint density at radius 2 is 2.09 bits per heavy atom. The van der Waals surface area contributed by atoms with Crippen molar-refractivity contribution in [2.45, 2.75) is 16.4 Å². The van der Waals surface area contributed by atoms with Gasteiger partial charge in [0.15, 0.2) is 12.4 Å². The van der Waals surface area contributed by atoms with Gasteiger partial charge >= 0.3 is 5.97 Å². The highest BCUT2D eigenvalue weighted by atomic mass is 32.2. The largest absolute Gasteiger partial charge is 0.484 e. The summed E-state index contributed by atoms with van der Waals surface area (Å²) in [4.78, 5) is 57.0. The number of fused-ring (bicyclic) bond motifs is 1. The predicted octanol–water partition coefficient (Wildman–Crippen LogP) is 0.955. The second kappa shape index (κ2) is 10.6. The second-order valence-corrected chi connectivity index (χ2v) is 9.21. The minimum atomic E-state index is -1.21. The van der Waals surface area contributed by atoms with E-state index in [1.54, 1.807) is 24.3 Å². The highest BCUT2D eigenvalue weighted by molar-refractivity contribution is 8.01. The normalized spacial score (nSPS) is 19.1. The lowest BCUT2D eigenvalue weighted by Crippen LogP contribution is -2.70. The molecule has 0 saturated carbocycles. The van der Waals surface area contributed by atoms with E-state index in [4.69, 9.17) is 4.74 Å². The van der Waals surface area contributed by atoms with E-state index < -0.39 is 29.2 Å². The number of rotatable bonds is 10. The lowest BCUT2D eigenvalue weighted by atomic mass is 10.0. The zero-order chi connectivity index (χ0) is 24.1. The van der Waals surface area contributed by atoms with Gasteiger partial charge in [0.25, 0.3) is 11.8 Å². The maximum Gasteiger partial charge on any atom is 0.352 e. The lowest BCUT2D eigenvalue weighted by molar-refractivity contribution is -0.150. The molecular weight excluding hydrogens is 482 g/mol. The van der Waals surface area contributed by atoms with Crippen LogP contribution in [0.2, 0.25) is 0 Å². The summed E-state index contributed by atoms with van der Waals surface area (Å²) in [6, 6.07) is 7.98. The standard InChI is InChI=1S/C21H19N5O6S2/c27-11-23-14-6-22-7-16(24-14)33-9-12-10-34-20-17(19(29)26(20)18(12)21(30)31)25-15(28)8-32-13-4-2-1-3-5-13/h1-7,11,17,20H,8-10H2,(H,25,28)(H,30,31)(H,23,24,27)/t17?,20-/m0/s1. The monoisotopic (exact) mass is 501 g/mol. The number of carbonyl (C=O) groups is 4. The van der Waals surface area contributed by atoms with E-state index in [9.17, 15) is 24.3 Å². The first-order valence-electron chi connectivity index (χ1n) is 10.00. The summed E-state index contributed by atoms with van der Waals surface area (Å²) in [6.07, 6.45) is 3.37. The van der Waals surface area contributed by atoms with E-state index in [1.807, 2.05) is 6.07 Å². The summed E-state index contributed by atoms with van der Waals surface area (Å²) in [6.45, 7) is -0.256. The Morgan fingerprint density at radius 1 is 1.29 bits per heavy atom. The van der Waals surface area contributed by atoms with Crippen molar-refractivity contribution in [3.63, 3.8) is 0 Å². The number of carboxylic acids is 1. The molecule has 3 amide bonds. The first kappa shape index (κ1) is 23.6. The number of benzene rings is 1.